The molecule has 1 aliphatic heterocycles. The van der Waals surface area contributed by atoms with Crippen molar-refractivity contribution in [2.45, 2.75) is 6.42 Å². The van der Waals surface area contributed by atoms with E-state index in [2.05, 4.69) is 17.6 Å². The first kappa shape index (κ1) is 9.78. The molecular weight excluding hydrogens is 172 g/mol. The maximum absolute atomic E-state index is 5.90. The first-order chi connectivity index (χ1) is 5.72. The van der Waals surface area contributed by atoms with Gasteiger partial charge in [0.05, 0.1) is 0 Å². The fraction of sp³-hybridized carbons (Fsp3) is 0.556. The highest BCUT2D eigenvalue weighted by atomic mass is 35.5. The predicted octanol–water partition coefficient (Wildman–Crippen LogP) is 1.33. The summed E-state index contributed by atoms with van der Waals surface area (Å²) in [5, 5.41) is 0.936. The Kier molecular flexibility index (Phi) is 3.79. The van der Waals surface area contributed by atoms with Crippen LogP contribution in [-0.4, -0.2) is 31.1 Å². The summed E-state index contributed by atoms with van der Waals surface area (Å²) in [4.78, 5) is 2.26. The molecule has 2 nitrogen and oxygen atoms in total. The van der Waals surface area contributed by atoms with Crippen molar-refractivity contribution in [3.05, 3.63) is 23.3 Å². The van der Waals surface area contributed by atoms with E-state index >= 15 is 0 Å². The quantitative estimate of drug-likeness (QED) is 0.674. The van der Waals surface area contributed by atoms with Gasteiger partial charge >= 0.3 is 0 Å². The largest absolute Gasteiger partial charge is 0.327 e. The fourth-order valence-corrected chi connectivity index (χ4v) is 1.55. The molecule has 1 rings (SSSR count). The molecule has 0 atom stereocenters. The maximum Gasteiger partial charge on any atom is 0.0341 e. The second-order valence-electron chi connectivity index (χ2n) is 3.10. The van der Waals surface area contributed by atoms with Gasteiger partial charge in [-0.15, -0.1) is 0 Å². The Morgan fingerprint density at radius 2 is 2.50 bits per heavy atom. The smallest absolute Gasteiger partial charge is 0.0341 e. The van der Waals surface area contributed by atoms with Crippen LogP contribution in [-0.2, 0) is 0 Å². The first-order valence-corrected chi connectivity index (χ1v) is 4.54. The van der Waals surface area contributed by atoms with Gasteiger partial charge in [-0.1, -0.05) is 24.3 Å². The van der Waals surface area contributed by atoms with Crippen LogP contribution in [0.2, 0.25) is 0 Å². The van der Waals surface area contributed by atoms with Crippen molar-refractivity contribution in [3.8, 4) is 0 Å². The van der Waals surface area contributed by atoms with Gasteiger partial charge in [-0.05, 0) is 12.0 Å². The molecule has 0 radical (unpaired) electrons. The summed E-state index contributed by atoms with van der Waals surface area (Å²) in [5.74, 6) is 0. The van der Waals surface area contributed by atoms with Gasteiger partial charge < -0.3 is 5.73 Å². The normalized spacial score (nSPS) is 19.0. The fourth-order valence-electron chi connectivity index (χ4n) is 1.28. The van der Waals surface area contributed by atoms with E-state index < -0.39 is 0 Å². The molecule has 0 aromatic heterocycles. The topological polar surface area (TPSA) is 29.3 Å². The lowest BCUT2D eigenvalue weighted by molar-refractivity contribution is 0.319. The molecule has 0 fully saturated rings. The summed E-state index contributed by atoms with van der Waals surface area (Å²) in [5.41, 5.74) is 6.52. The van der Waals surface area contributed by atoms with Crippen LogP contribution >= 0.6 is 11.6 Å². The molecule has 1 aliphatic rings. The summed E-state index contributed by atoms with van der Waals surface area (Å²) >= 11 is 5.90. The van der Waals surface area contributed by atoms with Crippen LogP contribution in [0.4, 0.5) is 0 Å². The van der Waals surface area contributed by atoms with Gasteiger partial charge in [0.25, 0.3) is 0 Å². The minimum Gasteiger partial charge on any atom is -0.327 e. The zero-order chi connectivity index (χ0) is 8.97. The van der Waals surface area contributed by atoms with E-state index in [1.807, 2.05) is 0 Å². The molecule has 0 aromatic carbocycles. The van der Waals surface area contributed by atoms with Crippen molar-refractivity contribution in [2.75, 3.05) is 26.2 Å². The maximum atomic E-state index is 5.90. The minimum absolute atomic E-state index is 0.567. The van der Waals surface area contributed by atoms with E-state index in [-0.39, 0.29) is 0 Å². The van der Waals surface area contributed by atoms with E-state index in [9.17, 15) is 0 Å². The Balaban J connectivity index is 2.35. The van der Waals surface area contributed by atoms with E-state index in [0.717, 1.165) is 36.7 Å². The van der Waals surface area contributed by atoms with Gasteiger partial charge in [0, 0.05) is 31.2 Å². The summed E-state index contributed by atoms with van der Waals surface area (Å²) in [7, 11) is 0. The monoisotopic (exact) mass is 186 g/mol. The minimum atomic E-state index is 0.567. The summed E-state index contributed by atoms with van der Waals surface area (Å²) < 4.78 is 0. The van der Waals surface area contributed by atoms with E-state index in [0.29, 0.717) is 6.54 Å². The van der Waals surface area contributed by atoms with E-state index in [4.69, 9.17) is 17.3 Å². The highest BCUT2D eigenvalue weighted by Gasteiger charge is 2.10. The van der Waals surface area contributed by atoms with Crippen LogP contribution in [0.1, 0.15) is 6.42 Å². The molecule has 0 saturated carbocycles. The molecule has 0 aliphatic carbocycles. The number of rotatable bonds is 3. The Morgan fingerprint density at radius 1 is 1.75 bits per heavy atom. The van der Waals surface area contributed by atoms with Gasteiger partial charge in [0.2, 0.25) is 0 Å². The van der Waals surface area contributed by atoms with Gasteiger partial charge in [-0.2, -0.15) is 0 Å². The molecule has 12 heavy (non-hydrogen) atoms. The lowest BCUT2D eigenvalue weighted by Gasteiger charge is -2.25. The van der Waals surface area contributed by atoms with Crippen molar-refractivity contribution in [3.63, 3.8) is 0 Å². The lowest BCUT2D eigenvalue weighted by atomic mass is 10.2. The standard InChI is InChI=1S/C9H15ClN2/c1-8(5-11)6-12-4-2-3-9(10)7-12/h3H,1-2,4-7,11H2. The zero-order valence-electron chi connectivity index (χ0n) is 7.22. The Labute approximate surface area is 78.7 Å². The summed E-state index contributed by atoms with van der Waals surface area (Å²) in [6.45, 7) is 7.22. The second kappa shape index (κ2) is 4.65. The second-order valence-corrected chi connectivity index (χ2v) is 3.59. The molecule has 3 heteroatoms. The van der Waals surface area contributed by atoms with E-state index in [1.54, 1.807) is 0 Å². The van der Waals surface area contributed by atoms with Crippen molar-refractivity contribution in [1.29, 1.82) is 0 Å². The van der Waals surface area contributed by atoms with Crippen LogP contribution in [0, 0.1) is 0 Å². The molecule has 0 bridgehead atoms. The molecule has 0 saturated heterocycles. The van der Waals surface area contributed by atoms with Crippen LogP contribution in [0.15, 0.2) is 23.3 Å². The zero-order valence-corrected chi connectivity index (χ0v) is 7.98. The van der Waals surface area contributed by atoms with E-state index in [1.165, 1.54) is 0 Å². The van der Waals surface area contributed by atoms with Crippen molar-refractivity contribution < 1.29 is 0 Å². The molecule has 0 unspecified atom stereocenters. The molecule has 1 heterocycles. The number of nitrogens with zero attached hydrogens (tertiary/aromatic N) is 1. The highest BCUT2D eigenvalue weighted by Crippen LogP contribution is 2.13. The van der Waals surface area contributed by atoms with Gasteiger partial charge in [0.1, 0.15) is 0 Å². The highest BCUT2D eigenvalue weighted by molar-refractivity contribution is 6.29. The Morgan fingerprint density at radius 3 is 3.08 bits per heavy atom. The summed E-state index contributed by atoms with van der Waals surface area (Å²) in [6.07, 6.45) is 3.11. The van der Waals surface area contributed by atoms with Crippen LogP contribution in [0.5, 0.6) is 0 Å². The number of halogens is 1. The third kappa shape index (κ3) is 2.97. The van der Waals surface area contributed by atoms with Crippen LogP contribution < -0.4 is 5.73 Å². The first-order valence-electron chi connectivity index (χ1n) is 4.16. The van der Waals surface area contributed by atoms with Gasteiger partial charge in [0.15, 0.2) is 0 Å². The molecule has 0 spiro atoms. The van der Waals surface area contributed by atoms with Crippen molar-refractivity contribution in [1.82, 2.24) is 4.90 Å². The molecule has 2 N–H and O–H groups in total. The van der Waals surface area contributed by atoms with Crippen LogP contribution in [0.25, 0.3) is 0 Å². The molecule has 0 aromatic rings. The summed E-state index contributed by atoms with van der Waals surface area (Å²) in [6, 6.07) is 0. The average molecular weight is 187 g/mol. The average Bonchev–Trinajstić information content (AvgIpc) is 2.04. The number of hydrogen-bond acceptors (Lipinski definition) is 2. The van der Waals surface area contributed by atoms with Gasteiger partial charge in [-0.25, -0.2) is 0 Å². The predicted molar refractivity (Wildman–Crippen MR) is 53.2 cm³/mol. The van der Waals surface area contributed by atoms with Crippen LogP contribution in [0.3, 0.4) is 0 Å². The SMILES string of the molecule is C=C(CN)CN1CCC=C(Cl)C1. The number of hydrogen-bond donors (Lipinski definition) is 1. The molecule has 68 valence electrons. The molecule has 0 amide bonds. The molecular formula is C9H15ClN2. The third-order valence-electron chi connectivity index (χ3n) is 1.92. The van der Waals surface area contributed by atoms with Crippen molar-refractivity contribution >= 4 is 11.6 Å². The third-order valence-corrected chi connectivity index (χ3v) is 2.20. The number of nitrogens with two attached hydrogens (primary N) is 1. The van der Waals surface area contributed by atoms with Gasteiger partial charge in [-0.3, -0.25) is 4.90 Å². The Bertz CT molecular complexity index is 199. The van der Waals surface area contributed by atoms with Crippen molar-refractivity contribution in [2.24, 2.45) is 5.73 Å². The lowest BCUT2D eigenvalue weighted by Crippen LogP contribution is -2.31. The Hall–Kier alpha value is -0.310.